The number of carbonyl (C=O) groups excluding carboxylic acids is 2. The minimum atomic E-state index is -0.700. The molecular weight excluding hydrogens is 228 g/mol. The van der Waals surface area contributed by atoms with Crippen LogP contribution in [0.4, 0.5) is 4.79 Å². The van der Waals surface area contributed by atoms with Crippen LogP contribution in [0.1, 0.15) is 20.3 Å². The van der Waals surface area contributed by atoms with Crippen LogP contribution in [0.5, 0.6) is 0 Å². The van der Waals surface area contributed by atoms with Gasteiger partial charge in [-0.2, -0.15) is 0 Å². The van der Waals surface area contributed by atoms with E-state index in [0.29, 0.717) is 18.7 Å². The van der Waals surface area contributed by atoms with Crippen LogP contribution in [0.2, 0.25) is 0 Å². The zero-order chi connectivity index (χ0) is 12.1. The van der Waals surface area contributed by atoms with E-state index >= 15 is 0 Å². The Balaban J connectivity index is 2.39. The molecule has 0 aromatic carbocycles. The second kappa shape index (κ2) is 6.22. The van der Waals surface area contributed by atoms with Gasteiger partial charge < -0.3 is 10.4 Å². The van der Waals surface area contributed by atoms with Gasteiger partial charge in [-0.15, -0.1) is 0 Å². The first-order valence-corrected chi connectivity index (χ1v) is 6.38. The summed E-state index contributed by atoms with van der Waals surface area (Å²) in [6.07, 6.45) is -0.324. The van der Waals surface area contributed by atoms with Gasteiger partial charge in [0, 0.05) is 24.8 Å². The second-order valence-electron chi connectivity index (χ2n) is 4.09. The fourth-order valence-corrected chi connectivity index (χ4v) is 2.15. The summed E-state index contributed by atoms with van der Waals surface area (Å²) >= 11 is 1.13. The number of nitrogens with one attached hydrogen (secondary N) is 1. The zero-order valence-corrected chi connectivity index (χ0v) is 10.4. The number of carbonyl (C=O) groups is 2. The molecule has 0 spiro atoms. The van der Waals surface area contributed by atoms with E-state index in [9.17, 15) is 14.7 Å². The maximum Gasteiger partial charge on any atom is 0.288 e. The first kappa shape index (κ1) is 13.5. The van der Waals surface area contributed by atoms with E-state index in [-0.39, 0.29) is 23.7 Å². The summed E-state index contributed by atoms with van der Waals surface area (Å²) < 4.78 is 0. The molecule has 2 N–H and O–H groups in total. The Morgan fingerprint density at radius 3 is 2.75 bits per heavy atom. The van der Waals surface area contributed by atoms with Crippen molar-refractivity contribution in [1.29, 1.82) is 0 Å². The normalized spacial score (nSPS) is 19.4. The second-order valence-corrected chi connectivity index (χ2v) is 5.13. The van der Waals surface area contributed by atoms with Crippen LogP contribution < -0.4 is 5.32 Å². The number of hydrogen-bond acceptors (Lipinski definition) is 5. The molecule has 1 heterocycles. The van der Waals surface area contributed by atoms with E-state index in [2.05, 4.69) is 5.32 Å². The number of rotatable bonds is 5. The minimum Gasteiger partial charge on any atom is -0.390 e. The van der Waals surface area contributed by atoms with Crippen molar-refractivity contribution in [3.8, 4) is 0 Å². The summed E-state index contributed by atoms with van der Waals surface area (Å²) in [5, 5.41) is 12.5. The van der Waals surface area contributed by atoms with Crippen molar-refractivity contribution in [2.24, 2.45) is 0 Å². The van der Waals surface area contributed by atoms with Crippen LogP contribution in [0, 0.1) is 0 Å². The summed E-state index contributed by atoms with van der Waals surface area (Å²) in [7, 11) is 0. The number of aliphatic hydroxyl groups is 1. The number of aliphatic hydroxyl groups excluding tert-OH is 1. The predicted octanol–water partition coefficient (Wildman–Crippen LogP) is 0.431. The highest BCUT2D eigenvalue weighted by Gasteiger charge is 2.28. The van der Waals surface area contributed by atoms with Gasteiger partial charge in [-0.05, 0) is 0 Å². The van der Waals surface area contributed by atoms with Gasteiger partial charge >= 0.3 is 0 Å². The minimum absolute atomic E-state index is 0.0877. The molecule has 1 atom stereocenters. The Bertz CT molecular complexity index is 255. The molecular formula is C10H18N2O3S. The smallest absolute Gasteiger partial charge is 0.288 e. The Morgan fingerprint density at radius 1 is 1.50 bits per heavy atom. The van der Waals surface area contributed by atoms with Gasteiger partial charge in [0.1, 0.15) is 0 Å². The molecule has 1 unspecified atom stereocenters. The quantitative estimate of drug-likeness (QED) is 0.736. The van der Waals surface area contributed by atoms with E-state index in [0.717, 1.165) is 16.7 Å². The van der Waals surface area contributed by atoms with Crippen molar-refractivity contribution >= 4 is 22.9 Å². The van der Waals surface area contributed by atoms with E-state index < -0.39 is 6.10 Å². The van der Waals surface area contributed by atoms with E-state index in [1.807, 2.05) is 13.8 Å². The van der Waals surface area contributed by atoms with Crippen LogP contribution in [0.25, 0.3) is 0 Å². The zero-order valence-electron chi connectivity index (χ0n) is 9.60. The molecule has 0 aromatic heterocycles. The predicted molar refractivity (Wildman–Crippen MR) is 63.3 cm³/mol. The summed E-state index contributed by atoms with van der Waals surface area (Å²) in [5.41, 5.74) is 0. The SMILES string of the molecule is CC(C)NCC(O)CN1C(=O)CCSC1=O. The summed E-state index contributed by atoms with van der Waals surface area (Å²) in [6.45, 7) is 4.42. The van der Waals surface area contributed by atoms with Gasteiger partial charge in [0.2, 0.25) is 5.91 Å². The molecule has 0 aromatic rings. The van der Waals surface area contributed by atoms with Gasteiger partial charge in [-0.1, -0.05) is 25.6 Å². The summed E-state index contributed by atoms with van der Waals surface area (Å²) in [4.78, 5) is 24.0. The van der Waals surface area contributed by atoms with Gasteiger partial charge in [-0.3, -0.25) is 14.5 Å². The molecule has 0 bridgehead atoms. The average molecular weight is 246 g/mol. The fourth-order valence-electron chi connectivity index (χ4n) is 1.36. The first-order chi connectivity index (χ1) is 7.50. The van der Waals surface area contributed by atoms with Gasteiger partial charge in [0.25, 0.3) is 5.24 Å². The van der Waals surface area contributed by atoms with Crippen molar-refractivity contribution < 1.29 is 14.7 Å². The molecule has 2 amide bonds. The van der Waals surface area contributed by atoms with Crippen molar-refractivity contribution in [2.75, 3.05) is 18.8 Å². The molecule has 5 nitrogen and oxygen atoms in total. The molecule has 1 fully saturated rings. The molecule has 0 radical (unpaired) electrons. The number of β-amino-alcohol motifs (C(OH)–C–C–N with tert-alkyl or cyclic N) is 1. The average Bonchev–Trinajstić information content (AvgIpc) is 2.21. The molecule has 1 rings (SSSR count). The highest BCUT2D eigenvalue weighted by Crippen LogP contribution is 2.18. The Morgan fingerprint density at radius 2 is 2.19 bits per heavy atom. The van der Waals surface area contributed by atoms with Gasteiger partial charge in [0.05, 0.1) is 12.6 Å². The Hall–Kier alpha value is -0.590. The van der Waals surface area contributed by atoms with Crippen LogP contribution in [0.15, 0.2) is 0 Å². The molecule has 16 heavy (non-hydrogen) atoms. The molecule has 1 saturated heterocycles. The van der Waals surface area contributed by atoms with E-state index in [1.165, 1.54) is 0 Å². The first-order valence-electron chi connectivity index (χ1n) is 5.39. The van der Waals surface area contributed by atoms with Crippen LogP contribution in [-0.2, 0) is 4.79 Å². The van der Waals surface area contributed by atoms with Crippen molar-refractivity contribution in [1.82, 2.24) is 10.2 Å². The monoisotopic (exact) mass is 246 g/mol. The highest BCUT2D eigenvalue weighted by atomic mass is 32.2. The van der Waals surface area contributed by atoms with Crippen molar-refractivity contribution in [3.63, 3.8) is 0 Å². The summed E-state index contributed by atoms with van der Waals surface area (Å²) in [6, 6.07) is 0.275. The molecule has 6 heteroatoms. The standard InChI is InChI=1S/C10H18N2O3S/c1-7(2)11-5-8(13)6-12-9(14)3-4-16-10(12)15/h7-8,11,13H,3-6H2,1-2H3. The van der Waals surface area contributed by atoms with Crippen molar-refractivity contribution in [3.05, 3.63) is 0 Å². The Kier molecular flexibility index (Phi) is 5.24. The van der Waals surface area contributed by atoms with Gasteiger partial charge in [0.15, 0.2) is 0 Å². The van der Waals surface area contributed by atoms with E-state index in [1.54, 1.807) is 0 Å². The molecule has 1 aliphatic heterocycles. The number of thioether (sulfide) groups is 1. The number of amides is 2. The summed E-state index contributed by atoms with van der Waals surface area (Å²) in [5.74, 6) is 0.362. The number of imide groups is 1. The maximum absolute atomic E-state index is 11.4. The van der Waals surface area contributed by atoms with Gasteiger partial charge in [-0.25, -0.2) is 0 Å². The van der Waals surface area contributed by atoms with Crippen molar-refractivity contribution in [2.45, 2.75) is 32.4 Å². The fraction of sp³-hybridized carbons (Fsp3) is 0.800. The molecule has 0 aliphatic carbocycles. The molecule has 1 aliphatic rings. The number of nitrogens with zero attached hydrogens (tertiary/aromatic N) is 1. The third kappa shape index (κ3) is 4.11. The van der Waals surface area contributed by atoms with Crippen LogP contribution in [-0.4, -0.2) is 52.1 Å². The lowest BCUT2D eigenvalue weighted by Gasteiger charge is -2.26. The molecule has 0 saturated carbocycles. The number of hydrogen-bond donors (Lipinski definition) is 2. The lowest BCUT2D eigenvalue weighted by atomic mass is 10.3. The van der Waals surface area contributed by atoms with Crippen LogP contribution >= 0.6 is 11.8 Å². The lowest BCUT2D eigenvalue weighted by molar-refractivity contribution is -0.128. The van der Waals surface area contributed by atoms with E-state index in [4.69, 9.17) is 0 Å². The largest absolute Gasteiger partial charge is 0.390 e. The highest BCUT2D eigenvalue weighted by molar-refractivity contribution is 8.13. The van der Waals surface area contributed by atoms with Crippen LogP contribution in [0.3, 0.4) is 0 Å². The Labute approximate surface area is 99.6 Å². The third-order valence-electron chi connectivity index (χ3n) is 2.22. The lowest BCUT2D eigenvalue weighted by Crippen LogP contribution is -2.46. The molecule has 92 valence electrons. The topological polar surface area (TPSA) is 69.6 Å². The third-order valence-corrected chi connectivity index (χ3v) is 3.09. The maximum atomic E-state index is 11.4.